The topological polar surface area (TPSA) is 26.3 Å². The molecule has 0 saturated carbocycles. The van der Waals surface area contributed by atoms with Crippen molar-refractivity contribution in [3.05, 3.63) is 42.5 Å². The van der Waals surface area contributed by atoms with E-state index in [0.717, 1.165) is 12.0 Å². The number of unbranched alkanes of at least 4 members (excludes halogenated alkanes) is 14. The van der Waals surface area contributed by atoms with Crippen LogP contribution in [-0.4, -0.2) is 5.97 Å². The molecular formula is C27H42Br2O2. The van der Waals surface area contributed by atoms with Crippen molar-refractivity contribution < 1.29 is 9.53 Å². The second kappa shape index (κ2) is 17.9. The van der Waals surface area contributed by atoms with Crippen molar-refractivity contribution >= 4 is 37.8 Å². The van der Waals surface area contributed by atoms with Crippen molar-refractivity contribution in [2.24, 2.45) is 0 Å². The van der Waals surface area contributed by atoms with Crippen LogP contribution in [-0.2, 0) is 8.03 Å². The zero-order valence-corrected chi connectivity index (χ0v) is 22.7. The highest BCUT2D eigenvalue weighted by Gasteiger charge is 2.24. The van der Waals surface area contributed by atoms with Gasteiger partial charge in [0.1, 0.15) is 8.98 Å². The fourth-order valence-electron chi connectivity index (χ4n) is 3.79. The van der Waals surface area contributed by atoms with Crippen LogP contribution in [0.5, 0.6) is 5.75 Å². The molecule has 0 atom stereocenters. The monoisotopic (exact) mass is 556 g/mol. The Labute approximate surface area is 207 Å². The molecule has 31 heavy (non-hydrogen) atoms. The maximum absolute atomic E-state index is 11.3. The summed E-state index contributed by atoms with van der Waals surface area (Å²) in [5.41, 5.74) is 1.14. The first-order valence-corrected chi connectivity index (χ1v) is 13.9. The van der Waals surface area contributed by atoms with E-state index in [1.165, 1.54) is 102 Å². The molecule has 176 valence electrons. The summed E-state index contributed by atoms with van der Waals surface area (Å²) in [6, 6.07) is 7.61. The van der Waals surface area contributed by atoms with Crippen LogP contribution >= 0.6 is 31.9 Å². The Morgan fingerprint density at radius 2 is 1.23 bits per heavy atom. The minimum atomic E-state index is -0.436. The van der Waals surface area contributed by atoms with Gasteiger partial charge in [0.2, 0.25) is 0 Å². The third kappa shape index (κ3) is 14.2. The van der Waals surface area contributed by atoms with Gasteiger partial charge in [-0.15, -0.1) is 0 Å². The van der Waals surface area contributed by atoms with Gasteiger partial charge in [-0.3, -0.25) is 0 Å². The molecule has 1 rings (SSSR count). The smallest absolute Gasteiger partial charge is 0.335 e. The van der Waals surface area contributed by atoms with Gasteiger partial charge in [-0.2, -0.15) is 0 Å². The maximum atomic E-state index is 11.3. The number of ether oxygens (including phenoxy) is 1. The van der Waals surface area contributed by atoms with E-state index in [1.807, 2.05) is 24.3 Å². The van der Waals surface area contributed by atoms with Gasteiger partial charge in [0.05, 0.1) is 0 Å². The first-order valence-electron chi connectivity index (χ1n) is 12.3. The lowest BCUT2D eigenvalue weighted by Gasteiger charge is -2.21. The first kappa shape index (κ1) is 28.4. The number of esters is 1. The van der Waals surface area contributed by atoms with Gasteiger partial charge in [-0.25, -0.2) is 4.79 Å². The predicted molar refractivity (Wildman–Crippen MR) is 141 cm³/mol. The van der Waals surface area contributed by atoms with Crippen LogP contribution in [0.25, 0.3) is 0 Å². The number of carbonyl (C=O) groups excluding carboxylic acids is 1. The summed E-state index contributed by atoms with van der Waals surface area (Å²) in [6.07, 6.45) is 22.9. The van der Waals surface area contributed by atoms with Crippen molar-refractivity contribution in [3.8, 4) is 5.75 Å². The molecule has 0 aliphatic rings. The quantitative estimate of drug-likeness (QED) is 0.0555. The highest BCUT2D eigenvalue weighted by Crippen LogP contribution is 2.43. The zero-order valence-electron chi connectivity index (χ0n) is 19.5. The number of rotatable bonds is 19. The summed E-state index contributed by atoms with van der Waals surface area (Å²) in [6.45, 7) is 5.70. The number of carbonyl (C=O) groups is 1. The highest BCUT2D eigenvalue weighted by atomic mass is 79.9. The van der Waals surface area contributed by atoms with Gasteiger partial charge in [0, 0.05) is 6.08 Å². The summed E-state index contributed by atoms with van der Waals surface area (Å²) < 4.78 is 4.91. The maximum Gasteiger partial charge on any atom is 0.335 e. The van der Waals surface area contributed by atoms with Gasteiger partial charge in [-0.05, 0) is 24.1 Å². The highest BCUT2D eigenvalue weighted by molar-refractivity contribution is 9.24. The van der Waals surface area contributed by atoms with Gasteiger partial charge >= 0.3 is 5.97 Å². The van der Waals surface area contributed by atoms with Gasteiger partial charge in [0.15, 0.2) is 0 Å². The van der Waals surface area contributed by atoms with Crippen LogP contribution in [0.2, 0.25) is 0 Å². The van der Waals surface area contributed by atoms with Crippen LogP contribution < -0.4 is 4.74 Å². The Balaban J connectivity index is 2.03. The SMILES string of the molecule is C=CC(=O)Oc1ccc(C(Br)(Br)CCCCCCCCCCCCCCCCC)cc1. The van der Waals surface area contributed by atoms with E-state index in [4.69, 9.17) is 4.74 Å². The largest absolute Gasteiger partial charge is 0.423 e. The molecule has 0 bridgehead atoms. The molecule has 0 heterocycles. The second-order valence-corrected chi connectivity index (χ2v) is 12.3. The molecule has 0 aliphatic carbocycles. The second-order valence-electron chi connectivity index (χ2n) is 8.55. The Kier molecular flexibility index (Phi) is 16.4. The summed E-state index contributed by atoms with van der Waals surface area (Å²) in [5, 5.41) is 0. The molecular weight excluding hydrogens is 516 g/mol. The molecule has 0 aliphatic heterocycles. The molecule has 0 spiro atoms. The molecule has 0 fully saturated rings. The first-order chi connectivity index (χ1) is 15.0. The van der Waals surface area contributed by atoms with Crippen molar-refractivity contribution in [2.45, 2.75) is 113 Å². The number of alkyl halides is 2. The van der Waals surface area contributed by atoms with E-state index in [0.29, 0.717) is 5.75 Å². The van der Waals surface area contributed by atoms with Gasteiger partial charge < -0.3 is 4.74 Å². The third-order valence-electron chi connectivity index (χ3n) is 5.76. The van der Waals surface area contributed by atoms with E-state index in [9.17, 15) is 4.79 Å². The van der Waals surface area contributed by atoms with Crippen LogP contribution in [0.15, 0.2) is 36.9 Å². The fraction of sp³-hybridized carbons (Fsp3) is 0.667. The van der Waals surface area contributed by atoms with Crippen molar-refractivity contribution in [1.29, 1.82) is 0 Å². The van der Waals surface area contributed by atoms with Crippen LogP contribution in [0, 0.1) is 0 Å². The molecule has 0 radical (unpaired) electrons. The Bertz CT molecular complexity index is 596. The predicted octanol–water partition coefficient (Wildman–Crippen LogP) is 9.98. The van der Waals surface area contributed by atoms with E-state index in [2.05, 4.69) is 45.4 Å². The standard InChI is InChI=1S/C27H42Br2O2/c1-3-5-6-7-8-9-10-11-12-13-14-15-16-17-18-23-27(28,29)24-19-21-25(22-20-24)31-26(30)4-2/h4,19-22H,2-3,5-18,23H2,1H3. The number of halogens is 2. The van der Waals surface area contributed by atoms with E-state index in [1.54, 1.807) is 0 Å². The minimum Gasteiger partial charge on any atom is -0.423 e. The number of hydrogen-bond donors (Lipinski definition) is 0. The molecule has 0 aromatic heterocycles. The zero-order chi connectivity index (χ0) is 22.8. The lowest BCUT2D eigenvalue weighted by molar-refractivity contribution is -0.128. The van der Waals surface area contributed by atoms with Crippen molar-refractivity contribution in [2.75, 3.05) is 0 Å². The Morgan fingerprint density at radius 3 is 1.65 bits per heavy atom. The molecule has 1 aromatic rings. The number of benzene rings is 1. The molecule has 0 saturated heterocycles. The van der Waals surface area contributed by atoms with Gasteiger partial charge in [-0.1, -0.05) is 154 Å². The third-order valence-corrected chi connectivity index (χ3v) is 7.46. The summed E-state index contributed by atoms with van der Waals surface area (Å²) in [5.74, 6) is 0.103. The summed E-state index contributed by atoms with van der Waals surface area (Å²) in [7, 11) is 0. The molecule has 0 N–H and O–H groups in total. The lowest BCUT2D eigenvalue weighted by Crippen LogP contribution is -2.09. The van der Waals surface area contributed by atoms with Gasteiger partial charge in [0.25, 0.3) is 0 Å². The fourth-order valence-corrected chi connectivity index (χ4v) is 4.88. The normalized spacial score (nSPS) is 11.5. The summed E-state index contributed by atoms with van der Waals surface area (Å²) in [4.78, 5) is 11.3. The Hall–Kier alpha value is -0.610. The molecule has 0 amide bonds. The van der Waals surface area contributed by atoms with E-state index >= 15 is 0 Å². The number of hydrogen-bond acceptors (Lipinski definition) is 2. The molecule has 2 nitrogen and oxygen atoms in total. The average molecular weight is 558 g/mol. The van der Waals surface area contributed by atoms with E-state index < -0.39 is 5.97 Å². The molecule has 4 heteroatoms. The van der Waals surface area contributed by atoms with Crippen LogP contribution in [0.3, 0.4) is 0 Å². The van der Waals surface area contributed by atoms with Crippen LogP contribution in [0.4, 0.5) is 0 Å². The van der Waals surface area contributed by atoms with Crippen molar-refractivity contribution in [3.63, 3.8) is 0 Å². The van der Waals surface area contributed by atoms with Crippen molar-refractivity contribution in [1.82, 2.24) is 0 Å². The molecule has 1 aromatic carbocycles. The lowest BCUT2D eigenvalue weighted by atomic mass is 10.0. The minimum absolute atomic E-state index is 0.225. The van der Waals surface area contributed by atoms with Crippen LogP contribution in [0.1, 0.15) is 115 Å². The van der Waals surface area contributed by atoms with E-state index in [-0.39, 0.29) is 3.23 Å². The Morgan fingerprint density at radius 1 is 0.806 bits per heavy atom. The molecule has 0 unspecified atom stereocenters. The summed E-state index contributed by atoms with van der Waals surface area (Å²) >= 11 is 7.63. The average Bonchev–Trinajstić information content (AvgIpc) is 2.76.